The standard InChI is InChI=1S/C15H24N4O4S/c1-12-10-13(17(2)16-12)24(21,22)19-7-5-15(11-19)4-6-18(14(15)20)8-9-23-3/h10H,4-9,11H2,1-3H3. The lowest BCUT2D eigenvalue weighted by molar-refractivity contribution is -0.135. The normalized spacial score (nSPS) is 25.3. The maximum Gasteiger partial charge on any atom is 0.260 e. The van der Waals surface area contributed by atoms with Crippen molar-refractivity contribution in [3.63, 3.8) is 0 Å². The average Bonchev–Trinajstić information content (AvgIpc) is 3.19. The third-order valence-corrected chi connectivity index (χ3v) is 6.95. The molecule has 2 saturated heterocycles. The summed E-state index contributed by atoms with van der Waals surface area (Å²) in [5.41, 5.74) is 0.0849. The summed E-state index contributed by atoms with van der Waals surface area (Å²) in [6, 6.07) is 1.57. The van der Waals surface area contributed by atoms with Crippen molar-refractivity contribution in [3.05, 3.63) is 11.8 Å². The highest BCUT2D eigenvalue weighted by Gasteiger charge is 2.53. The number of hydrogen-bond acceptors (Lipinski definition) is 5. The Labute approximate surface area is 142 Å². The fraction of sp³-hybridized carbons (Fsp3) is 0.733. The van der Waals surface area contributed by atoms with Gasteiger partial charge in [0.05, 0.1) is 17.7 Å². The number of nitrogens with zero attached hydrogens (tertiary/aromatic N) is 4. The third kappa shape index (κ3) is 2.74. The van der Waals surface area contributed by atoms with E-state index in [0.29, 0.717) is 44.8 Å². The molecular formula is C15H24N4O4S. The van der Waals surface area contributed by atoms with Crippen molar-refractivity contribution < 1.29 is 17.9 Å². The number of carbonyl (C=O) groups is 1. The summed E-state index contributed by atoms with van der Waals surface area (Å²) in [6.45, 7) is 4.11. The number of aromatic nitrogens is 2. The monoisotopic (exact) mass is 356 g/mol. The second-order valence-corrected chi connectivity index (χ2v) is 8.54. The van der Waals surface area contributed by atoms with Crippen molar-refractivity contribution in [2.45, 2.75) is 24.8 Å². The zero-order valence-electron chi connectivity index (χ0n) is 14.4. The fourth-order valence-corrected chi connectivity index (χ4v) is 5.39. The van der Waals surface area contributed by atoms with Crippen LogP contribution in [-0.4, -0.2) is 73.2 Å². The number of methoxy groups -OCH3 is 1. The molecule has 0 radical (unpaired) electrons. The van der Waals surface area contributed by atoms with Gasteiger partial charge in [-0.25, -0.2) is 8.42 Å². The van der Waals surface area contributed by atoms with Gasteiger partial charge in [-0.2, -0.15) is 9.40 Å². The maximum atomic E-state index is 12.9. The van der Waals surface area contributed by atoms with E-state index >= 15 is 0 Å². The van der Waals surface area contributed by atoms with Gasteiger partial charge in [0.15, 0.2) is 5.03 Å². The molecule has 9 heteroatoms. The molecule has 0 N–H and O–H groups in total. The summed E-state index contributed by atoms with van der Waals surface area (Å²) >= 11 is 0. The van der Waals surface area contributed by atoms with Crippen LogP contribution >= 0.6 is 0 Å². The van der Waals surface area contributed by atoms with Crippen LogP contribution in [0, 0.1) is 12.3 Å². The van der Waals surface area contributed by atoms with Crippen molar-refractivity contribution in [2.24, 2.45) is 12.5 Å². The number of ether oxygens (including phenoxy) is 1. The van der Waals surface area contributed by atoms with Crippen LogP contribution in [0.15, 0.2) is 11.1 Å². The number of likely N-dealkylation sites (tertiary alicyclic amines) is 1. The molecule has 0 saturated carbocycles. The van der Waals surface area contributed by atoms with Crippen LogP contribution < -0.4 is 0 Å². The Morgan fingerprint density at radius 1 is 1.33 bits per heavy atom. The molecule has 1 aromatic rings. The second-order valence-electron chi connectivity index (χ2n) is 6.65. The molecule has 1 amide bonds. The predicted molar refractivity (Wildman–Crippen MR) is 86.8 cm³/mol. The van der Waals surface area contributed by atoms with Crippen LogP contribution in [0.3, 0.4) is 0 Å². The van der Waals surface area contributed by atoms with Crippen molar-refractivity contribution in [1.29, 1.82) is 0 Å². The van der Waals surface area contributed by atoms with E-state index in [9.17, 15) is 13.2 Å². The van der Waals surface area contributed by atoms with Crippen LogP contribution in [-0.2, 0) is 26.6 Å². The van der Waals surface area contributed by atoms with Gasteiger partial charge < -0.3 is 9.64 Å². The highest BCUT2D eigenvalue weighted by atomic mass is 32.2. The number of rotatable bonds is 5. The summed E-state index contributed by atoms with van der Waals surface area (Å²) in [7, 11) is -0.400. The Balaban J connectivity index is 1.78. The molecule has 1 spiro atoms. The third-order valence-electron chi connectivity index (χ3n) is 5.05. The molecule has 0 aliphatic carbocycles. The van der Waals surface area contributed by atoms with Crippen LogP contribution in [0.2, 0.25) is 0 Å². The van der Waals surface area contributed by atoms with Crippen LogP contribution in [0.25, 0.3) is 0 Å². The van der Waals surface area contributed by atoms with Crippen LogP contribution in [0.4, 0.5) is 0 Å². The zero-order chi connectivity index (χ0) is 17.5. The molecule has 3 rings (SSSR count). The van der Waals surface area contributed by atoms with Crippen molar-refractivity contribution >= 4 is 15.9 Å². The van der Waals surface area contributed by atoms with E-state index in [1.54, 1.807) is 32.0 Å². The van der Waals surface area contributed by atoms with E-state index in [4.69, 9.17) is 4.74 Å². The van der Waals surface area contributed by atoms with Gasteiger partial charge in [0, 0.05) is 40.3 Å². The molecule has 1 aromatic heterocycles. The molecule has 1 unspecified atom stereocenters. The minimum Gasteiger partial charge on any atom is -0.383 e. The van der Waals surface area contributed by atoms with Gasteiger partial charge in [0.25, 0.3) is 10.0 Å². The Morgan fingerprint density at radius 3 is 2.67 bits per heavy atom. The van der Waals surface area contributed by atoms with E-state index in [2.05, 4.69) is 5.10 Å². The number of amides is 1. The maximum absolute atomic E-state index is 12.9. The largest absolute Gasteiger partial charge is 0.383 e. The smallest absolute Gasteiger partial charge is 0.260 e. The lowest BCUT2D eigenvalue weighted by Gasteiger charge is -2.23. The minimum atomic E-state index is -3.63. The van der Waals surface area contributed by atoms with Gasteiger partial charge in [-0.3, -0.25) is 9.48 Å². The van der Waals surface area contributed by atoms with Gasteiger partial charge >= 0.3 is 0 Å². The first kappa shape index (κ1) is 17.4. The summed E-state index contributed by atoms with van der Waals surface area (Å²) in [4.78, 5) is 14.5. The summed E-state index contributed by atoms with van der Waals surface area (Å²) in [5, 5.41) is 4.30. The van der Waals surface area contributed by atoms with Gasteiger partial charge in [0.2, 0.25) is 5.91 Å². The van der Waals surface area contributed by atoms with E-state index in [1.807, 2.05) is 0 Å². The molecule has 0 bridgehead atoms. The summed E-state index contributed by atoms with van der Waals surface area (Å²) in [6.07, 6.45) is 1.28. The van der Waals surface area contributed by atoms with E-state index in [1.165, 1.54) is 8.99 Å². The van der Waals surface area contributed by atoms with Gasteiger partial charge in [0.1, 0.15) is 0 Å². The summed E-state index contributed by atoms with van der Waals surface area (Å²) < 4.78 is 33.6. The topological polar surface area (TPSA) is 84.7 Å². The quantitative estimate of drug-likeness (QED) is 0.741. The molecule has 3 heterocycles. The van der Waals surface area contributed by atoms with Crippen molar-refractivity contribution in [2.75, 3.05) is 39.9 Å². The second kappa shape index (κ2) is 6.12. The number of aryl methyl sites for hydroxylation is 2. The molecule has 0 aromatic carbocycles. The number of sulfonamides is 1. The Bertz CT molecular complexity index is 745. The Kier molecular flexibility index (Phi) is 4.43. The van der Waals surface area contributed by atoms with Gasteiger partial charge in [-0.05, 0) is 25.8 Å². The van der Waals surface area contributed by atoms with Gasteiger partial charge in [-0.1, -0.05) is 0 Å². The fourth-order valence-electron chi connectivity index (χ4n) is 3.69. The first-order valence-corrected chi connectivity index (χ1v) is 9.53. The SMILES string of the molecule is COCCN1CCC2(CCN(S(=O)(=O)c3cc(C)nn3C)C2)C1=O. The molecule has 2 fully saturated rings. The van der Waals surface area contributed by atoms with Crippen LogP contribution in [0.1, 0.15) is 18.5 Å². The Hall–Kier alpha value is -1.45. The minimum absolute atomic E-state index is 0.0541. The van der Waals surface area contributed by atoms with E-state index in [0.717, 1.165) is 0 Å². The lowest BCUT2D eigenvalue weighted by Crippen LogP contribution is -2.39. The van der Waals surface area contributed by atoms with Crippen molar-refractivity contribution in [3.8, 4) is 0 Å². The average molecular weight is 356 g/mol. The predicted octanol–water partition coefficient (Wildman–Crippen LogP) is -0.0120. The first-order valence-electron chi connectivity index (χ1n) is 8.09. The molecule has 2 aliphatic heterocycles. The molecular weight excluding hydrogens is 332 g/mol. The van der Waals surface area contributed by atoms with Crippen molar-refractivity contribution in [1.82, 2.24) is 19.0 Å². The highest BCUT2D eigenvalue weighted by Crippen LogP contribution is 2.42. The zero-order valence-corrected chi connectivity index (χ0v) is 15.2. The number of hydrogen-bond donors (Lipinski definition) is 0. The highest BCUT2D eigenvalue weighted by molar-refractivity contribution is 7.89. The van der Waals surface area contributed by atoms with Gasteiger partial charge in [-0.15, -0.1) is 0 Å². The molecule has 2 aliphatic rings. The number of carbonyl (C=O) groups excluding carboxylic acids is 1. The molecule has 1 atom stereocenters. The van der Waals surface area contributed by atoms with E-state index < -0.39 is 15.4 Å². The first-order chi connectivity index (χ1) is 11.3. The molecule has 134 valence electrons. The summed E-state index contributed by atoms with van der Waals surface area (Å²) in [5.74, 6) is 0.0541. The molecule has 24 heavy (non-hydrogen) atoms. The molecule has 8 nitrogen and oxygen atoms in total. The lowest BCUT2D eigenvalue weighted by atomic mass is 9.86. The Morgan fingerprint density at radius 2 is 2.04 bits per heavy atom. The van der Waals surface area contributed by atoms with Crippen LogP contribution in [0.5, 0.6) is 0 Å². The van der Waals surface area contributed by atoms with E-state index in [-0.39, 0.29) is 17.5 Å².